The van der Waals surface area contributed by atoms with Crippen molar-refractivity contribution in [1.29, 1.82) is 0 Å². The summed E-state index contributed by atoms with van der Waals surface area (Å²) in [5.41, 5.74) is 0.482. The molecule has 26 heavy (non-hydrogen) atoms. The van der Waals surface area contributed by atoms with Crippen molar-refractivity contribution in [3.05, 3.63) is 54.3 Å². The number of rotatable bonds is 6. The molecule has 1 unspecified atom stereocenters. The van der Waals surface area contributed by atoms with Crippen LogP contribution in [0.3, 0.4) is 0 Å². The van der Waals surface area contributed by atoms with Gasteiger partial charge in [-0.2, -0.15) is 0 Å². The number of imide groups is 1. The lowest BCUT2D eigenvalue weighted by molar-refractivity contribution is -0.127. The van der Waals surface area contributed by atoms with Gasteiger partial charge in [-0.05, 0) is 55.5 Å². The SMILES string of the molecule is COc1ccc(OCCN2C(=O)C(C)N(c3ccc(F)cc3)C2=O)cc1. The number of urea groups is 1. The Balaban J connectivity index is 1.63. The molecule has 2 aromatic carbocycles. The van der Waals surface area contributed by atoms with Crippen LogP contribution in [0.2, 0.25) is 0 Å². The van der Waals surface area contributed by atoms with Gasteiger partial charge >= 0.3 is 6.03 Å². The molecule has 1 aliphatic rings. The first kappa shape index (κ1) is 17.7. The second-order valence-electron chi connectivity index (χ2n) is 5.82. The molecule has 0 radical (unpaired) electrons. The maximum absolute atomic E-state index is 13.1. The second kappa shape index (κ2) is 7.43. The average Bonchev–Trinajstić information content (AvgIpc) is 2.86. The maximum Gasteiger partial charge on any atom is 0.332 e. The number of nitrogens with zero attached hydrogens (tertiary/aromatic N) is 2. The van der Waals surface area contributed by atoms with Gasteiger partial charge < -0.3 is 9.47 Å². The lowest BCUT2D eigenvalue weighted by atomic mass is 10.2. The van der Waals surface area contributed by atoms with E-state index in [0.717, 1.165) is 4.90 Å². The molecule has 7 heteroatoms. The summed E-state index contributed by atoms with van der Waals surface area (Å²) in [6.07, 6.45) is 0. The summed E-state index contributed by atoms with van der Waals surface area (Å²) >= 11 is 0. The van der Waals surface area contributed by atoms with Crippen molar-refractivity contribution >= 4 is 17.6 Å². The van der Waals surface area contributed by atoms with Crippen LogP contribution in [-0.2, 0) is 4.79 Å². The highest BCUT2D eigenvalue weighted by Crippen LogP contribution is 2.26. The topological polar surface area (TPSA) is 59.1 Å². The normalized spacial score (nSPS) is 17.0. The Bertz CT molecular complexity index is 792. The van der Waals surface area contributed by atoms with Gasteiger partial charge in [0.2, 0.25) is 0 Å². The minimum absolute atomic E-state index is 0.131. The van der Waals surface area contributed by atoms with Crippen LogP contribution in [0.4, 0.5) is 14.9 Å². The van der Waals surface area contributed by atoms with Crippen molar-refractivity contribution < 1.29 is 23.5 Å². The molecule has 136 valence electrons. The third-order valence-corrected chi connectivity index (χ3v) is 4.20. The average molecular weight is 358 g/mol. The number of ether oxygens (including phenoxy) is 2. The number of carbonyl (C=O) groups excluding carboxylic acids is 2. The molecule has 1 fully saturated rings. The van der Waals surface area contributed by atoms with Crippen molar-refractivity contribution in [3.8, 4) is 11.5 Å². The van der Waals surface area contributed by atoms with Gasteiger partial charge in [0, 0.05) is 5.69 Å². The molecule has 0 saturated carbocycles. The van der Waals surface area contributed by atoms with E-state index in [1.165, 1.54) is 29.2 Å². The van der Waals surface area contributed by atoms with Gasteiger partial charge in [0.05, 0.1) is 13.7 Å². The van der Waals surface area contributed by atoms with Crippen LogP contribution in [0.15, 0.2) is 48.5 Å². The van der Waals surface area contributed by atoms with Gasteiger partial charge in [0.1, 0.15) is 30.0 Å². The number of halogens is 1. The summed E-state index contributed by atoms with van der Waals surface area (Å²) in [6.45, 7) is 1.95. The lowest BCUT2D eigenvalue weighted by Crippen LogP contribution is -2.36. The fourth-order valence-electron chi connectivity index (χ4n) is 2.79. The van der Waals surface area contributed by atoms with Crippen LogP contribution in [-0.4, -0.2) is 43.1 Å². The zero-order valence-electron chi connectivity index (χ0n) is 14.5. The molecule has 1 atom stereocenters. The monoisotopic (exact) mass is 358 g/mol. The number of methoxy groups -OCH3 is 1. The number of anilines is 1. The zero-order chi connectivity index (χ0) is 18.7. The number of hydrogen-bond donors (Lipinski definition) is 0. The van der Waals surface area contributed by atoms with Gasteiger partial charge in [-0.15, -0.1) is 0 Å². The van der Waals surface area contributed by atoms with Gasteiger partial charge in [0.25, 0.3) is 5.91 Å². The summed E-state index contributed by atoms with van der Waals surface area (Å²) in [4.78, 5) is 27.5. The van der Waals surface area contributed by atoms with Crippen LogP contribution >= 0.6 is 0 Å². The Morgan fingerprint density at radius 2 is 1.62 bits per heavy atom. The molecule has 0 spiro atoms. The van der Waals surface area contributed by atoms with Crippen molar-refractivity contribution in [2.75, 3.05) is 25.2 Å². The van der Waals surface area contributed by atoms with Crippen LogP contribution in [0, 0.1) is 5.82 Å². The molecule has 2 aromatic rings. The molecule has 0 bridgehead atoms. The van der Waals surface area contributed by atoms with E-state index in [2.05, 4.69) is 0 Å². The van der Waals surface area contributed by atoms with Crippen LogP contribution in [0.1, 0.15) is 6.92 Å². The summed E-state index contributed by atoms with van der Waals surface area (Å²) in [7, 11) is 1.58. The zero-order valence-corrected chi connectivity index (χ0v) is 14.5. The lowest BCUT2D eigenvalue weighted by Gasteiger charge is -2.19. The Hall–Kier alpha value is -3.09. The Kier molecular flexibility index (Phi) is 5.06. The van der Waals surface area contributed by atoms with Crippen LogP contribution in [0.25, 0.3) is 0 Å². The number of amides is 3. The van der Waals surface area contributed by atoms with Gasteiger partial charge in [0.15, 0.2) is 0 Å². The Morgan fingerprint density at radius 3 is 2.23 bits per heavy atom. The summed E-state index contributed by atoms with van der Waals surface area (Å²) in [5, 5.41) is 0. The summed E-state index contributed by atoms with van der Waals surface area (Å²) in [5.74, 6) is 0.626. The molecule has 0 aromatic heterocycles. The minimum Gasteiger partial charge on any atom is -0.497 e. The highest BCUT2D eigenvalue weighted by molar-refractivity contribution is 6.14. The molecule has 0 N–H and O–H groups in total. The Labute approximate surface area is 150 Å². The van der Waals surface area contributed by atoms with E-state index in [9.17, 15) is 14.0 Å². The highest BCUT2D eigenvalue weighted by atomic mass is 19.1. The molecule has 1 saturated heterocycles. The van der Waals surface area contributed by atoms with Gasteiger partial charge in [-0.3, -0.25) is 14.6 Å². The molecular weight excluding hydrogens is 339 g/mol. The van der Waals surface area contributed by atoms with E-state index >= 15 is 0 Å². The summed E-state index contributed by atoms with van der Waals surface area (Å²) in [6, 6.07) is 11.4. The fraction of sp³-hybridized carbons (Fsp3) is 0.263. The third kappa shape index (κ3) is 3.46. The van der Waals surface area contributed by atoms with E-state index < -0.39 is 17.9 Å². The van der Waals surface area contributed by atoms with E-state index in [1.807, 2.05) is 0 Å². The smallest absolute Gasteiger partial charge is 0.332 e. The molecule has 3 amide bonds. The van der Waals surface area contributed by atoms with Gasteiger partial charge in [-0.25, -0.2) is 9.18 Å². The predicted octanol–water partition coefficient (Wildman–Crippen LogP) is 3.07. The molecule has 3 rings (SSSR count). The quantitative estimate of drug-likeness (QED) is 0.745. The van der Waals surface area contributed by atoms with Crippen molar-refractivity contribution in [1.82, 2.24) is 4.90 Å². The van der Waals surface area contributed by atoms with Crippen molar-refractivity contribution in [2.45, 2.75) is 13.0 Å². The van der Waals surface area contributed by atoms with E-state index in [-0.39, 0.29) is 19.1 Å². The number of hydrogen-bond acceptors (Lipinski definition) is 4. The largest absolute Gasteiger partial charge is 0.497 e. The van der Waals surface area contributed by atoms with Crippen LogP contribution < -0.4 is 14.4 Å². The van der Waals surface area contributed by atoms with E-state index in [0.29, 0.717) is 17.2 Å². The van der Waals surface area contributed by atoms with E-state index in [1.54, 1.807) is 38.3 Å². The first-order chi connectivity index (χ1) is 12.5. The van der Waals surface area contributed by atoms with Crippen molar-refractivity contribution in [2.24, 2.45) is 0 Å². The minimum atomic E-state index is -0.644. The third-order valence-electron chi connectivity index (χ3n) is 4.20. The van der Waals surface area contributed by atoms with E-state index in [4.69, 9.17) is 9.47 Å². The second-order valence-corrected chi connectivity index (χ2v) is 5.82. The maximum atomic E-state index is 13.1. The first-order valence-corrected chi connectivity index (χ1v) is 8.18. The summed E-state index contributed by atoms with van der Waals surface area (Å²) < 4.78 is 23.8. The molecule has 6 nitrogen and oxygen atoms in total. The van der Waals surface area contributed by atoms with Crippen LogP contribution in [0.5, 0.6) is 11.5 Å². The standard InChI is InChI=1S/C19H19FN2O4/c1-13-18(23)21(11-12-26-17-9-7-16(25-2)8-10-17)19(24)22(13)15-5-3-14(20)4-6-15/h3-10,13H,11-12H2,1-2H3. The molecule has 0 aliphatic carbocycles. The highest BCUT2D eigenvalue weighted by Gasteiger charge is 2.43. The molecule has 1 aliphatic heterocycles. The predicted molar refractivity (Wildman–Crippen MR) is 93.9 cm³/mol. The fourth-order valence-corrected chi connectivity index (χ4v) is 2.79. The number of carbonyl (C=O) groups is 2. The van der Waals surface area contributed by atoms with Gasteiger partial charge in [-0.1, -0.05) is 0 Å². The first-order valence-electron chi connectivity index (χ1n) is 8.18. The number of benzene rings is 2. The Morgan fingerprint density at radius 1 is 1.00 bits per heavy atom. The van der Waals surface area contributed by atoms with Crippen molar-refractivity contribution in [3.63, 3.8) is 0 Å². The molecular formula is C19H19FN2O4. The molecule has 1 heterocycles.